The van der Waals surface area contributed by atoms with Gasteiger partial charge in [-0.3, -0.25) is 0 Å². The van der Waals surface area contributed by atoms with E-state index in [1.807, 2.05) is 19.1 Å². The number of rotatable bonds is 3. The SMILES string of the molecule is CCC(C)c1ccc(CN)cc1F. The van der Waals surface area contributed by atoms with Crippen molar-refractivity contribution >= 4 is 0 Å². The zero-order chi connectivity index (χ0) is 9.84. The van der Waals surface area contributed by atoms with Crippen molar-refractivity contribution in [3.8, 4) is 0 Å². The van der Waals surface area contributed by atoms with Gasteiger partial charge in [-0.2, -0.15) is 0 Å². The average Bonchev–Trinajstić information content (AvgIpc) is 2.16. The Kier molecular flexibility index (Phi) is 3.43. The molecular weight excluding hydrogens is 165 g/mol. The molecule has 2 heteroatoms. The highest BCUT2D eigenvalue weighted by molar-refractivity contribution is 5.26. The summed E-state index contributed by atoms with van der Waals surface area (Å²) in [6.07, 6.45) is 0.957. The number of nitrogens with two attached hydrogens (primary N) is 1. The molecule has 0 aromatic heterocycles. The van der Waals surface area contributed by atoms with Crippen LogP contribution in [-0.4, -0.2) is 0 Å². The van der Waals surface area contributed by atoms with E-state index in [2.05, 4.69) is 6.92 Å². The van der Waals surface area contributed by atoms with E-state index in [1.54, 1.807) is 0 Å². The Bertz CT molecular complexity index is 283. The fourth-order valence-electron chi connectivity index (χ4n) is 1.32. The molecule has 0 saturated heterocycles. The molecule has 1 nitrogen and oxygen atoms in total. The maximum Gasteiger partial charge on any atom is 0.126 e. The van der Waals surface area contributed by atoms with Crippen molar-refractivity contribution in [2.24, 2.45) is 5.73 Å². The smallest absolute Gasteiger partial charge is 0.126 e. The highest BCUT2D eigenvalue weighted by Crippen LogP contribution is 2.22. The molecule has 0 aliphatic rings. The van der Waals surface area contributed by atoms with E-state index in [0.29, 0.717) is 6.54 Å². The standard InChI is InChI=1S/C11H16FN/c1-3-8(2)10-5-4-9(7-13)6-11(10)12/h4-6,8H,3,7,13H2,1-2H3. The number of halogens is 1. The molecule has 72 valence electrons. The van der Waals surface area contributed by atoms with Crippen molar-refractivity contribution in [2.45, 2.75) is 32.7 Å². The van der Waals surface area contributed by atoms with E-state index in [4.69, 9.17) is 5.73 Å². The Morgan fingerprint density at radius 3 is 2.62 bits per heavy atom. The van der Waals surface area contributed by atoms with Crippen molar-refractivity contribution in [1.29, 1.82) is 0 Å². The molecule has 1 rings (SSSR count). The van der Waals surface area contributed by atoms with E-state index in [0.717, 1.165) is 17.5 Å². The molecule has 0 amide bonds. The molecule has 1 aromatic rings. The first-order chi connectivity index (χ1) is 6.19. The van der Waals surface area contributed by atoms with Crippen LogP contribution in [0.25, 0.3) is 0 Å². The second-order valence-electron chi connectivity index (χ2n) is 3.37. The molecule has 1 aromatic carbocycles. The molecule has 0 saturated carbocycles. The van der Waals surface area contributed by atoms with E-state index in [-0.39, 0.29) is 11.7 Å². The normalized spacial score (nSPS) is 12.9. The van der Waals surface area contributed by atoms with Gasteiger partial charge in [0.25, 0.3) is 0 Å². The van der Waals surface area contributed by atoms with Crippen molar-refractivity contribution in [3.05, 3.63) is 35.1 Å². The Balaban J connectivity index is 2.98. The fraction of sp³-hybridized carbons (Fsp3) is 0.455. The van der Waals surface area contributed by atoms with Crippen molar-refractivity contribution in [2.75, 3.05) is 0 Å². The summed E-state index contributed by atoms with van der Waals surface area (Å²) >= 11 is 0. The summed E-state index contributed by atoms with van der Waals surface area (Å²) in [5, 5.41) is 0. The van der Waals surface area contributed by atoms with Crippen LogP contribution in [0.3, 0.4) is 0 Å². The van der Waals surface area contributed by atoms with Crippen molar-refractivity contribution in [3.63, 3.8) is 0 Å². The fourth-order valence-corrected chi connectivity index (χ4v) is 1.32. The molecule has 0 radical (unpaired) electrons. The molecular formula is C11H16FN. The first kappa shape index (κ1) is 10.2. The second-order valence-corrected chi connectivity index (χ2v) is 3.37. The molecule has 2 N–H and O–H groups in total. The van der Waals surface area contributed by atoms with Crippen LogP contribution in [-0.2, 0) is 6.54 Å². The second kappa shape index (κ2) is 4.38. The number of hydrogen-bond acceptors (Lipinski definition) is 1. The Morgan fingerprint density at radius 2 is 2.15 bits per heavy atom. The minimum atomic E-state index is -0.127. The summed E-state index contributed by atoms with van der Waals surface area (Å²) in [7, 11) is 0. The van der Waals surface area contributed by atoms with Crippen molar-refractivity contribution in [1.82, 2.24) is 0 Å². The van der Waals surface area contributed by atoms with Crippen LogP contribution in [0.2, 0.25) is 0 Å². The highest BCUT2D eigenvalue weighted by atomic mass is 19.1. The van der Waals surface area contributed by atoms with Gasteiger partial charge in [0, 0.05) is 6.54 Å². The molecule has 0 spiro atoms. The molecule has 0 aliphatic carbocycles. The van der Waals surface area contributed by atoms with Crippen LogP contribution in [0.1, 0.15) is 37.3 Å². The van der Waals surface area contributed by atoms with Crippen LogP contribution in [0.4, 0.5) is 4.39 Å². The summed E-state index contributed by atoms with van der Waals surface area (Å²) in [5.74, 6) is 0.157. The lowest BCUT2D eigenvalue weighted by Gasteiger charge is -2.10. The van der Waals surface area contributed by atoms with Crippen LogP contribution in [0.15, 0.2) is 18.2 Å². The largest absolute Gasteiger partial charge is 0.326 e. The minimum absolute atomic E-state index is 0.127. The third-order valence-corrected chi connectivity index (χ3v) is 2.44. The zero-order valence-electron chi connectivity index (χ0n) is 8.18. The van der Waals surface area contributed by atoms with Gasteiger partial charge in [0.1, 0.15) is 5.82 Å². The van der Waals surface area contributed by atoms with Crippen LogP contribution in [0, 0.1) is 5.82 Å². The third kappa shape index (κ3) is 2.28. The first-order valence-electron chi connectivity index (χ1n) is 4.67. The third-order valence-electron chi connectivity index (χ3n) is 2.44. The predicted octanol–water partition coefficient (Wildman–Crippen LogP) is 2.80. The maximum absolute atomic E-state index is 13.4. The van der Waals surface area contributed by atoms with Gasteiger partial charge >= 0.3 is 0 Å². The number of hydrogen-bond donors (Lipinski definition) is 1. The first-order valence-corrected chi connectivity index (χ1v) is 4.67. The Morgan fingerprint density at radius 1 is 1.46 bits per heavy atom. The maximum atomic E-state index is 13.4. The van der Waals surface area contributed by atoms with E-state index in [9.17, 15) is 4.39 Å². The van der Waals surface area contributed by atoms with E-state index >= 15 is 0 Å². The van der Waals surface area contributed by atoms with Crippen LogP contribution in [0.5, 0.6) is 0 Å². The van der Waals surface area contributed by atoms with Crippen LogP contribution < -0.4 is 5.73 Å². The molecule has 0 fully saturated rings. The van der Waals surface area contributed by atoms with Gasteiger partial charge in [-0.1, -0.05) is 26.0 Å². The number of benzene rings is 1. The summed E-state index contributed by atoms with van der Waals surface area (Å²) < 4.78 is 13.4. The van der Waals surface area contributed by atoms with E-state index in [1.165, 1.54) is 6.07 Å². The molecule has 1 unspecified atom stereocenters. The molecule has 13 heavy (non-hydrogen) atoms. The van der Waals surface area contributed by atoms with Gasteiger partial charge in [0.05, 0.1) is 0 Å². The Hall–Kier alpha value is -0.890. The topological polar surface area (TPSA) is 26.0 Å². The minimum Gasteiger partial charge on any atom is -0.326 e. The van der Waals surface area contributed by atoms with Crippen molar-refractivity contribution < 1.29 is 4.39 Å². The lowest BCUT2D eigenvalue weighted by Crippen LogP contribution is -2.00. The lowest BCUT2D eigenvalue weighted by atomic mass is 9.97. The summed E-state index contributed by atoms with van der Waals surface area (Å²) in [6.45, 7) is 4.49. The van der Waals surface area contributed by atoms with Crippen LogP contribution >= 0.6 is 0 Å². The predicted molar refractivity (Wildman–Crippen MR) is 53.0 cm³/mol. The Labute approximate surface area is 78.8 Å². The molecule has 1 atom stereocenters. The van der Waals surface area contributed by atoms with Gasteiger partial charge in [0.15, 0.2) is 0 Å². The molecule has 0 bridgehead atoms. The molecule has 0 aliphatic heterocycles. The van der Waals surface area contributed by atoms with Gasteiger partial charge in [0.2, 0.25) is 0 Å². The quantitative estimate of drug-likeness (QED) is 0.762. The van der Waals surface area contributed by atoms with E-state index < -0.39 is 0 Å². The zero-order valence-corrected chi connectivity index (χ0v) is 8.18. The summed E-state index contributed by atoms with van der Waals surface area (Å²) in [4.78, 5) is 0. The molecule has 0 heterocycles. The highest BCUT2D eigenvalue weighted by Gasteiger charge is 2.08. The van der Waals surface area contributed by atoms with Gasteiger partial charge < -0.3 is 5.73 Å². The summed E-state index contributed by atoms with van der Waals surface area (Å²) in [6, 6.07) is 5.26. The summed E-state index contributed by atoms with van der Waals surface area (Å²) in [5.41, 5.74) is 7.05. The lowest BCUT2D eigenvalue weighted by molar-refractivity contribution is 0.581. The average molecular weight is 181 g/mol. The monoisotopic (exact) mass is 181 g/mol. The van der Waals surface area contributed by atoms with Gasteiger partial charge in [-0.15, -0.1) is 0 Å². The van der Waals surface area contributed by atoms with Gasteiger partial charge in [-0.05, 0) is 29.5 Å². The van der Waals surface area contributed by atoms with Gasteiger partial charge in [-0.25, -0.2) is 4.39 Å².